The zero-order valence-electron chi connectivity index (χ0n) is 10.2. The highest BCUT2D eigenvalue weighted by atomic mass is 127. The standard InChI is InChI=1S/C10H22IN3O/c1-10(2,15-4)9-12(3)14-7-5-13(11)6-8-14/h5-9H2,1-4H3. The lowest BCUT2D eigenvalue weighted by Gasteiger charge is -2.40. The quantitative estimate of drug-likeness (QED) is 0.571. The fourth-order valence-corrected chi connectivity index (χ4v) is 2.16. The van der Waals surface area contributed by atoms with Gasteiger partial charge in [-0.25, -0.2) is 13.1 Å². The van der Waals surface area contributed by atoms with Crippen molar-refractivity contribution in [2.45, 2.75) is 19.4 Å². The molecule has 5 heteroatoms. The molecule has 0 saturated carbocycles. The molecule has 1 saturated heterocycles. The summed E-state index contributed by atoms with van der Waals surface area (Å²) in [5, 5.41) is 4.68. The van der Waals surface area contributed by atoms with Crippen LogP contribution in [0.3, 0.4) is 0 Å². The lowest BCUT2D eigenvalue weighted by Crippen LogP contribution is -2.53. The highest BCUT2D eigenvalue weighted by Crippen LogP contribution is 2.13. The normalized spacial score (nSPS) is 21.2. The van der Waals surface area contributed by atoms with E-state index in [0.29, 0.717) is 0 Å². The fraction of sp³-hybridized carbons (Fsp3) is 1.00. The molecule has 1 rings (SSSR count). The molecular formula is C10H22IN3O. The Balaban J connectivity index is 2.37. The summed E-state index contributed by atoms with van der Waals surface area (Å²) in [6, 6.07) is 0. The maximum absolute atomic E-state index is 5.44. The molecule has 4 nitrogen and oxygen atoms in total. The summed E-state index contributed by atoms with van der Waals surface area (Å²) in [6.45, 7) is 9.68. The third-order valence-electron chi connectivity index (χ3n) is 2.85. The molecule has 1 aliphatic rings. The number of piperazine rings is 1. The van der Waals surface area contributed by atoms with E-state index in [9.17, 15) is 0 Å². The second kappa shape index (κ2) is 5.77. The molecule has 0 aliphatic carbocycles. The summed E-state index contributed by atoms with van der Waals surface area (Å²) in [4.78, 5) is 0. The first kappa shape index (κ1) is 13.6. The molecule has 1 heterocycles. The lowest BCUT2D eigenvalue weighted by atomic mass is 10.1. The van der Waals surface area contributed by atoms with Crippen LogP contribution in [0.2, 0.25) is 0 Å². The van der Waals surface area contributed by atoms with Crippen molar-refractivity contribution in [3.05, 3.63) is 0 Å². The number of hydrogen-bond donors (Lipinski definition) is 0. The first-order chi connectivity index (χ1) is 6.94. The number of hydrogen-bond acceptors (Lipinski definition) is 4. The van der Waals surface area contributed by atoms with Crippen molar-refractivity contribution >= 4 is 22.9 Å². The molecule has 0 aromatic rings. The van der Waals surface area contributed by atoms with E-state index in [-0.39, 0.29) is 5.60 Å². The summed E-state index contributed by atoms with van der Waals surface area (Å²) < 4.78 is 7.78. The van der Waals surface area contributed by atoms with Crippen LogP contribution in [0.1, 0.15) is 13.8 Å². The second-order valence-electron chi connectivity index (χ2n) is 4.64. The molecule has 0 spiro atoms. The lowest BCUT2D eigenvalue weighted by molar-refractivity contribution is -0.0849. The molecule has 0 atom stereocenters. The highest BCUT2D eigenvalue weighted by molar-refractivity contribution is 14.1. The van der Waals surface area contributed by atoms with Crippen LogP contribution in [0.4, 0.5) is 0 Å². The molecule has 0 aromatic heterocycles. The number of likely N-dealkylation sites (N-methyl/N-ethyl adjacent to an activating group) is 1. The predicted octanol–water partition coefficient (Wildman–Crippen LogP) is 1.23. The average Bonchev–Trinajstić information content (AvgIpc) is 2.18. The molecule has 0 aromatic carbocycles. The molecule has 1 aliphatic heterocycles. The Kier molecular flexibility index (Phi) is 5.24. The number of rotatable bonds is 4. The number of methoxy groups -OCH3 is 1. The van der Waals surface area contributed by atoms with E-state index >= 15 is 0 Å². The van der Waals surface area contributed by atoms with Gasteiger partial charge in [0, 0.05) is 69.7 Å². The van der Waals surface area contributed by atoms with Crippen LogP contribution in [0, 0.1) is 0 Å². The Morgan fingerprint density at radius 3 is 2.27 bits per heavy atom. The van der Waals surface area contributed by atoms with Gasteiger partial charge in [-0.15, -0.1) is 0 Å². The van der Waals surface area contributed by atoms with Crippen LogP contribution in [-0.4, -0.2) is 65.6 Å². The zero-order chi connectivity index (χ0) is 11.5. The summed E-state index contributed by atoms with van der Waals surface area (Å²) in [5.74, 6) is 0. The van der Waals surface area contributed by atoms with Gasteiger partial charge in [0.05, 0.1) is 5.60 Å². The van der Waals surface area contributed by atoms with E-state index in [1.165, 1.54) is 0 Å². The summed E-state index contributed by atoms with van der Waals surface area (Å²) in [6.07, 6.45) is 0. The van der Waals surface area contributed by atoms with Gasteiger partial charge in [-0.1, -0.05) is 0 Å². The molecule has 90 valence electrons. The van der Waals surface area contributed by atoms with Gasteiger partial charge < -0.3 is 4.74 Å². The Hall–Kier alpha value is 0.570. The molecule has 0 amide bonds. The van der Waals surface area contributed by atoms with Gasteiger partial charge in [-0.3, -0.25) is 0 Å². The molecule has 0 bridgehead atoms. The van der Waals surface area contributed by atoms with E-state index in [1.54, 1.807) is 7.11 Å². The smallest absolute Gasteiger partial charge is 0.0763 e. The highest BCUT2D eigenvalue weighted by Gasteiger charge is 2.24. The van der Waals surface area contributed by atoms with E-state index in [4.69, 9.17) is 4.74 Å². The van der Waals surface area contributed by atoms with Crippen LogP contribution < -0.4 is 0 Å². The number of halogens is 1. The van der Waals surface area contributed by atoms with Gasteiger partial charge in [0.1, 0.15) is 0 Å². The van der Waals surface area contributed by atoms with Crippen molar-refractivity contribution in [2.24, 2.45) is 0 Å². The molecular weight excluding hydrogens is 305 g/mol. The molecule has 0 unspecified atom stereocenters. The Morgan fingerprint density at radius 1 is 1.27 bits per heavy atom. The largest absolute Gasteiger partial charge is 0.377 e. The average molecular weight is 327 g/mol. The van der Waals surface area contributed by atoms with Gasteiger partial charge in [0.15, 0.2) is 0 Å². The summed E-state index contributed by atoms with van der Waals surface area (Å²) in [5.41, 5.74) is -0.0732. The topological polar surface area (TPSA) is 19.0 Å². The molecule has 15 heavy (non-hydrogen) atoms. The zero-order valence-corrected chi connectivity index (χ0v) is 12.3. The number of hydrazine groups is 1. The Morgan fingerprint density at radius 2 is 1.80 bits per heavy atom. The first-order valence-corrected chi connectivity index (χ1v) is 6.33. The maximum atomic E-state index is 5.44. The minimum absolute atomic E-state index is 0.0732. The monoisotopic (exact) mass is 327 g/mol. The SMILES string of the molecule is COC(C)(C)CN(C)N1CCN(I)CC1. The molecule has 1 fully saturated rings. The van der Waals surface area contributed by atoms with Crippen molar-refractivity contribution in [3.63, 3.8) is 0 Å². The van der Waals surface area contributed by atoms with Crippen LogP contribution in [-0.2, 0) is 4.74 Å². The van der Waals surface area contributed by atoms with Crippen LogP contribution in [0.25, 0.3) is 0 Å². The minimum atomic E-state index is -0.0732. The van der Waals surface area contributed by atoms with E-state index in [2.05, 4.69) is 56.9 Å². The van der Waals surface area contributed by atoms with Gasteiger partial charge >= 0.3 is 0 Å². The van der Waals surface area contributed by atoms with Gasteiger partial charge in [0.25, 0.3) is 0 Å². The number of ether oxygens (including phenoxy) is 1. The van der Waals surface area contributed by atoms with Crippen molar-refractivity contribution in [2.75, 3.05) is 46.9 Å². The third kappa shape index (κ3) is 4.52. The van der Waals surface area contributed by atoms with Crippen molar-refractivity contribution in [1.29, 1.82) is 0 Å². The van der Waals surface area contributed by atoms with Gasteiger partial charge in [-0.05, 0) is 13.8 Å². The maximum Gasteiger partial charge on any atom is 0.0763 e. The van der Waals surface area contributed by atoms with Crippen molar-refractivity contribution < 1.29 is 4.74 Å². The van der Waals surface area contributed by atoms with Crippen LogP contribution in [0.5, 0.6) is 0 Å². The molecule has 0 radical (unpaired) electrons. The van der Waals surface area contributed by atoms with E-state index in [1.807, 2.05) is 0 Å². The second-order valence-corrected chi connectivity index (χ2v) is 6.01. The summed E-state index contributed by atoms with van der Waals surface area (Å²) >= 11 is 2.39. The number of nitrogens with zero attached hydrogens (tertiary/aromatic N) is 3. The Bertz CT molecular complexity index is 193. The predicted molar refractivity (Wildman–Crippen MR) is 70.9 cm³/mol. The third-order valence-corrected chi connectivity index (χ3v) is 3.81. The molecule has 0 N–H and O–H groups in total. The van der Waals surface area contributed by atoms with Crippen LogP contribution in [0.15, 0.2) is 0 Å². The van der Waals surface area contributed by atoms with Gasteiger partial charge in [0.2, 0.25) is 0 Å². The van der Waals surface area contributed by atoms with Crippen molar-refractivity contribution in [1.82, 2.24) is 13.1 Å². The fourth-order valence-electron chi connectivity index (χ4n) is 1.73. The van der Waals surface area contributed by atoms with Gasteiger partial charge in [-0.2, -0.15) is 0 Å². The van der Waals surface area contributed by atoms with Crippen molar-refractivity contribution in [3.8, 4) is 0 Å². The minimum Gasteiger partial charge on any atom is -0.377 e. The summed E-state index contributed by atoms with van der Waals surface area (Å²) in [7, 11) is 3.92. The first-order valence-electron chi connectivity index (χ1n) is 5.36. The Labute approximate surface area is 107 Å². The van der Waals surface area contributed by atoms with E-state index in [0.717, 1.165) is 32.7 Å². The van der Waals surface area contributed by atoms with Crippen LogP contribution >= 0.6 is 22.9 Å². The van der Waals surface area contributed by atoms with E-state index < -0.39 is 0 Å².